The molecule has 1 fully saturated rings. The lowest BCUT2D eigenvalue weighted by Crippen LogP contribution is -2.27. The number of aromatic nitrogens is 1. The van der Waals surface area contributed by atoms with Crippen LogP contribution in [-0.2, 0) is 0 Å². The fourth-order valence-corrected chi connectivity index (χ4v) is 2.08. The van der Waals surface area contributed by atoms with E-state index in [0.717, 1.165) is 12.2 Å². The predicted octanol–water partition coefficient (Wildman–Crippen LogP) is 1.79. The van der Waals surface area contributed by atoms with Crippen molar-refractivity contribution in [2.75, 3.05) is 12.3 Å². The van der Waals surface area contributed by atoms with Gasteiger partial charge >= 0.3 is 0 Å². The Bertz CT molecular complexity index is 316. The van der Waals surface area contributed by atoms with E-state index < -0.39 is 0 Å². The SMILES string of the molecule is Cc1nc(N)ccc1C1CCCCN1. The average molecular weight is 191 g/mol. The lowest BCUT2D eigenvalue weighted by molar-refractivity contribution is 0.410. The summed E-state index contributed by atoms with van der Waals surface area (Å²) in [6, 6.07) is 4.47. The van der Waals surface area contributed by atoms with Crippen LogP contribution >= 0.6 is 0 Å². The van der Waals surface area contributed by atoms with E-state index >= 15 is 0 Å². The van der Waals surface area contributed by atoms with E-state index in [0.29, 0.717) is 11.9 Å². The number of nitrogens with zero attached hydrogens (tertiary/aromatic N) is 1. The standard InChI is InChI=1S/C11H17N3/c1-8-9(5-6-11(12)14-8)10-4-2-3-7-13-10/h5-6,10,13H,2-4,7H2,1H3,(H2,12,14). The molecule has 1 aliphatic heterocycles. The predicted molar refractivity (Wildman–Crippen MR) is 58.0 cm³/mol. The zero-order valence-electron chi connectivity index (χ0n) is 8.59. The minimum Gasteiger partial charge on any atom is -0.384 e. The molecule has 1 aromatic heterocycles. The highest BCUT2D eigenvalue weighted by Crippen LogP contribution is 2.24. The van der Waals surface area contributed by atoms with Crippen molar-refractivity contribution in [1.29, 1.82) is 0 Å². The summed E-state index contributed by atoms with van der Waals surface area (Å²) in [6.45, 7) is 3.15. The smallest absolute Gasteiger partial charge is 0.123 e. The largest absolute Gasteiger partial charge is 0.384 e. The van der Waals surface area contributed by atoms with Crippen LogP contribution in [0.3, 0.4) is 0 Å². The van der Waals surface area contributed by atoms with Crippen molar-refractivity contribution in [3.05, 3.63) is 23.4 Å². The van der Waals surface area contributed by atoms with E-state index in [-0.39, 0.29) is 0 Å². The van der Waals surface area contributed by atoms with Gasteiger partial charge in [0.25, 0.3) is 0 Å². The molecule has 14 heavy (non-hydrogen) atoms. The number of nitrogens with two attached hydrogens (primary N) is 1. The summed E-state index contributed by atoms with van der Waals surface area (Å²) in [6.07, 6.45) is 3.81. The van der Waals surface area contributed by atoms with Gasteiger partial charge in [-0.1, -0.05) is 12.5 Å². The van der Waals surface area contributed by atoms with Crippen LogP contribution in [0, 0.1) is 6.92 Å². The third kappa shape index (κ3) is 1.87. The second-order valence-corrected chi connectivity index (χ2v) is 3.91. The van der Waals surface area contributed by atoms with E-state index in [1.807, 2.05) is 13.0 Å². The number of anilines is 1. The number of hydrogen-bond acceptors (Lipinski definition) is 3. The van der Waals surface area contributed by atoms with E-state index in [1.165, 1.54) is 24.8 Å². The van der Waals surface area contributed by atoms with Crippen molar-refractivity contribution >= 4 is 5.82 Å². The maximum absolute atomic E-state index is 5.63. The third-order valence-electron chi connectivity index (χ3n) is 2.83. The number of rotatable bonds is 1. The maximum atomic E-state index is 5.63. The second kappa shape index (κ2) is 3.96. The summed E-state index contributed by atoms with van der Waals surface area (Å²) in [5.41, 5.74) is 7.99. The highest BCUT2D eigenvalue weighted by Gasteiger charge is 2.16. The van der Waals surface area contributed by atoms with Crippen molar-refractivity contribution in [3.63, 3.8) is 0 Å². The second-order valence-electron chi connectivity index (χ2n) is 3.91. The molecule has 3 nitrogen and oxygen atoms in total. The Labute approximate surface area is 84.7 Å². The van der Waals surface area contributed by atoms with Gasteiger partial charge < -0.3 is 11.1 Å². The molecule has 0 bridgehead atoms. The summed E-state index contributed by atoms with van der Waals surface area (Å²) >= 11 is 0. The Hall–Kier alpha value is -1.09. The number of piperidine rings is 1. The average Bonchev–Trinajstić information content (AvgIpc) is 2.19. The lowest BCUT2D eigenvalue weighted by atomic mass is 9.97. The van der Waals surface area contributed by atoms with Gasteiger partial charge in [0.2, 0.25) is 0 Å². The fourth-order valence-electron chi connectivity index (χ4n) is 2.08. The van der Waals surface area contributed by atoms with Crippen LogP contribution in [0.5, 0.6) is 0 Å². The van der Waals surface area contributed by atoms with Crippen molar-refractivity contribution in [1.82, 2.24) is 10.3 Å². The molecule has 0 radical (unpaired) electrons. The molecule has 3 heteroatoms. The quantitative estimate of drug-likeness (QED) is 0.711. The minimum atomic E-state index is 0.483. The topological polar surface area (TPSA) is 50.9 Å². The molecule has 1 unspecified atom stereocenters. The van der Waals surface area contributed by atoms with Crippen molar-refractivity contribution in [2.24, 2.45) is 0 Å². The van der Waals surface area contributed by atoms with Gasteiger partial charge in [0.15, 0.2) is 0 Å². The molecule has 2 rings (SSSR count). The zero-order valence-corrected chi connectivity index (χ0v) is 8.59. The van der Waals surface area contributed by atoms with Gasteiger partial charge in [-0.25, -0.2) is 4.98 Å². The molecular formula is C11H17N3. The van der Waals surface area contributed by atoms with E-state index in [9.17, 15) is 0 Å². The van der Waals surface area contributed by atoms with E-state index in [2.05, 4.69) is 16.4 Å². The maximum Gasteiger partial charge on any atom is 0.123 e. The Morgan fingerprint density at radius 3 is 2.93 bits per heavy atom. The van der Waals surface area contributed by atoms with Gasteiger partial charge in [-0.3, -0.25) is 0 Å². The molecule has 1 saturated heterocycles. The molecule has 0 spiro atoms. The molecule has 76 valence electrons. The monoisotopic (exact) mass is 191 g/mol. The van der Waals surface area contributed by atoms with Crippen molar-refractivity contribution in [3.8, 4) is 0 Å². The van der Waals surface area contributed by atoms with Crippen molar-refractivity contribution in [2.45, 2.75) is 32.2 Å². The summed E-state index contributed by atoms with van der Waals surface area (Å²) in [5, 5.41) is 3.51. The van der Waals surface area contributed by atoms with Crippen LogP contribution in [0.4, 0.5) is 5.82 Å². The van der Waals surface area contributed by atoms with Crippen LogP contribution in [0.15, 0.2) is 12.1 Å². The number of nitrogen functional groups attached to an aromatic ring is 1. The first-order valence-electron chi connectivity index (χ1n) is 5.24. The highest BCUT2D eigenvalue weighted by molar-refractivity contribution is 5.35. The van der Waals surface area contributed by atoms with Gasteiger partial charge in [-0.05, 0) is 37.9 Å². The summed E-state index contributed by atoms with van der Waals surface area (Å²) < 4.78 is 0. The van der Waals surface area contributed by atoms with Crippen LogP contribution < -0.4 is 11.1 Å². The number of aryl methyl sites for hydroxylation is 1. The summed E-state index contributed by atoms with van der Waals surface area (Å²) in [7, 11) is 0. The first-order valence-corrected chi connectivity index (χ1v) is 5.24. The molecule has 0 saturated carbocycles. The molecule has 2 heterocycles. The molecular weight excluding hydrogens is 174 g/mol. The van der Waals surface area contributed by atoms with Gasteiger partial charge in [-0.2, -0.15) is 0 Å². The normalized spacial score (nSPS) is 22.2. The fraction of sp³-hybridized carbons (Fsp3) is 0.545. The first kappa shape index (κ1) is 9.46. The summed E-state index contributed by atoms with van der Waals surface area (Å²) in [4.78, 5) is 4.29. The van der Waals surface area contributed by atoms with Crippen LogP contribution in [-0.4, -0.2) is 11.5 Å². The molecule has 1 aliphatic rings. The van der Waals surface area contributed by atoms with Crippen LogP contribution in [0.2, 0.25) is 0 Å². The van der Waals surface area contributed by atoms with Crippen LogP contribution in [0.25, 0.3) is 0 Å². The Morgan fingerprint density at radius 2 is 2.29 bits per heavy atom. The van der Waals surface area contributed by atoms with Gasteiger partial charge in [0, 0.05) is 11.7 Å². The molecule has 3 N–H and O–H groups in total. The third-order valence-corrected chi connectivity index (χ3v) is 2.83. The Morgan fingerprint density at radius 1 is 1.43 bits per heavy atom. The van der Waals surface area contributed by atoms with E-state index in [4.69, 9.17) is 5.73 Å². The zero-order chi connectivity index (χ0) is 9.97. The minimum absolute atomic E-state index is 0.483. The summed E-state index contributed by atoms with van der Waals surface area (Å²) in [5.74, 6) is 0.613. The Balaban J connectivity index is 2.22. The molecule has 1 aromatic rings. The van der Waals surface area contributed by atoms with Gasteiger partial charge in [0.05, 0.1) is 0 Å². The highest BCUT2D eigenvalue weighted by atomic mass is 14.9. The molecule has 0 amide bonds. The number of nitrogens with one attached hydrogen (secondary N) is 1. The van der Waals surface area contributed by atoms with E-state index in [1.54, 1.807) is 0 Å². The molecule has 0 aromatic carbocycles. The lowest BCUT2D eigenvalue weighted by Gasteiger charge is -2.24. The number of hydrogen-bond donors (Lipinski definition) is 2. The molecule has 0 aliphatic carbocycles. The van der Waals surface area contributed by atoms with Gasteiger partial charge in [0.1, 0.15) is 5.82 Å². The van der Waals surface area contributed by atoms with Crippen molar-refractivity contribution < 1.29 is 0 Å². The molecule has 1 atom stereocenters. The first-order chi connectivity index (χ1) is 6.77. The van der Waals surface area contributed by atoms with Crippen LogP contribution in [0.1, 0.15) is 36.6 Å². The van der Waals surface area contributed by atoms with Gasteiger partial charge in [-0.15, -0.1) is 0 Å². The number of pyridine rings is 1. The Kier molecular flexibility index (Phi) is 2.68.